The van der Waals surface area contributed by atoms with Crippen LogP contribution in [-0.2, 0) is 4.74 Å². The first kappa shape index (κ1) is 15.0. The minimum absolute atomic E-state index is 0.126. The van der Waals surface area contributed by atoms with E-state index in [1.165, 1.54) is 24.8 Å². The van der Waals surface area contributed by atoms with Gasteiger partial charge in [0.05, 0.1) is 17.8 Å². The zero-order valence-corrected chi connectivity index (χ0v) is 12.2. The van der Waals surface area contributed by atoms with Crippen LogP contribution in [0.5, 0.6) is 0 Å². The number of hydrogen-bond acceptors (Lipinski definition) is 6. The summed E-state index contributed by atoms with van der Waals surface area (Å²) in [4.78, 5) is 17.6. The van der Waals surface area contributed by atoms with E-state index < -0.39 is 11.8 Å². The van der Waals surface area contributed by atoms with Gasteiger partial charge in [-0.3, -0.25) is 0 Å². The number of piperidine rings is 1. The second-order valence-electron chi connectivity index (χ2n) is 5.26. The van der Waals surface area contributed by atoms with Crippen molar-refractivity contribution in [2.45, 2.75) is 18.9 Å². The highest BCUT2D eigenvalue weighted by molar-refractivity contribution is 5.86. The molecule has 0 aliphatic carbocycles. The van der Waals surface area contributed by atoms with Gasteiger partial charge >= 0.3 is 5.97 Å². The molecule has 1 aliphatic rings. The summed E-state index contributed by atoms with van der Waals surface area (Å²) in [5.41, 5.74) is 1.05. The molecule has 2 heterocycles. The van der Waals surface area contributed by atoms with Crippen molar-refractivity contribution in [3.05, 3.63) is 47.9 Å². The summed E-state index contributed by atoms with van der Waals surface area (Å²) in [6.45, 7) is 1.17. The topological polar surface area (TPSA) is 79.4 Å². The smallest absolute Gasteiger partial charge is 0.360 e. The monoisotopic (exact) mass is 315 g/mol. The Kier molecular flexibility index (Phi) is 4.24. The SMILES string of the molecule is N#Cc1cc(F)ccc1N1CCCC(OC(=O)c2cocn2)C1. The largest absolute Gasteiger partial charge is 0.456 e. The molecular weight excluding hydrogens is 301 g/mol. The van der Waals surface area contributed by atoms with Crippen LogP contribution in [-0.4, -0.2) is 30.1 Å². The highest BCUT2D eigenvalue weighted by atomic mass is 19.1. The van der Waals surface area contributed by atoms with Crippen molar-refractivity contribution < 1.29 is 18.3 Å². The van der Waals surface area contributed by atoms with E-state index >= 15 is 0 Å². The van der Waals surface area contributed by atoms with E-state index in [1.54, 1.807) is 6.07 Å². The van der Waals surface area contributed by atoms with Gasteiger partial charge in [-0.05, 0) is 31.0 Å². The molecule has 0 radical (unpaired) electrons. The van der Waals surface area contributed by atoms with Crippen molar-refractivity contribution in [3.8, 4) is 6.07 Å². The molecule has 1 aromatic heterocycles. The van der Waals surface area contributed by atoms with Crippen molar-refractivity contribution >= 4 is 11.7 Å². The quantitative estimate of drug-likeness (QED) is 0.810. The first-order valence-electron chi connectivity index (χ1n) is 7.21. The van der Waals surface area contributed by atoms with Crippen molar-refractivity contribution in [1.82, 2.24) is 4.98 Å². The Morgan fingerprint density at radius 2 is 2.39 bits per heavy atom. The van der Waals surface area contributed by atoms with E-state index in [1.807, 2.05) is 11.0 Å². The minimum atomic E-state index is -0.537. The highest BCUT2D eigenvalue weighted by Gasteiger charge is 2.26. The second-order valence-corrected chi connectivity index (χ2v) is 5.26. The number of nitriles is 1. The molecule has 0 N–H and O–H groups in total. The fourth-order valence-corrected chi connectivity index (χ4v) is 2.65. The number of carbonyl (C=O) groups is 1. The number of nitrogens with zero attached hydrogens (tertiary/aromatic N) is 3. The molecule has 118 valence electrons. The number of oxazole rings is 1. The molecule has 0 bridgehead atoms. The van der Waals surface area contributed by atoms with E-state index in [0.717, 1.165) is 19.4 Å². The van der Waals surface area contributed by atoms with Gasteiger partial charge in [0, 0.05) is 6.54 Å². The number of esters is 1. The summed E-state index contributed by atoms with van der Waals surface area (Å²) in [6, 6.07) is 6.11. The van der Waals surface area contributed by atoms with Crippen molar-refractivity contribution in [1.29, 1.82) is 5.26 Å². The highest BCUT2D eigenvalue weighted by Crippen LogP contribution is 2.25. The number of rotatable bonds is 3. The third-order valence-corrected chi connectivity index (χ3v) is 3.71. The maximum absolute atomic E-state index is 13.3. The molecule has 0 amide bonds. The normalized spacial score (nSPS) is 17.6. The van der Waals surface area contributed by atoms with Gasteiger partial charge in [-0.15, -0.1) is 0 Å². The average molecular weight is 315 g/mol. The standard InChI is InChI=1S/C16H14FN3O3/c17-12-3-4-15(11(6-12)7-18)20-5-1-2-13(8-20)23-16(21)14-9-22-10-19-14/h3-4,6,9-10,13H,1-2,5,8H2. The van der Waals surface area contributed by atoms with Gasteiger partial charge in [0.25, 0.3) is 0 Å². The maximum Gasteiger partial charge on any atom is 0.360 e. The van der Waals surface area contributed by atoms with Gasteiger partial charge in [-0.1, -0.05) is 0 Å². The van der Waals surface area contributed by atoms with Gasteiger partial charge in [-0.25, -0.2) is 14.2 Å². The molecule has 2 aromatic rings. The fraction of sp³-hybridized carbons (Fsp3) is 0.312. The Morgan fingerprint density at radius 3 is 3.13 bits per heavy atom. The molecule has 1 saturated heterocycles. The van der Waals surface area contributed by atoms with Crippen LogP contribution in [0.25, 0.3) is 0 Å². The van der Waals surface area contributed by atoms with Crippen LogP contribution in [0.1, 0.15) is 28.9 Å². The molecule has 0 saturated carbocycles. The van der Waals surface area contributed by atoms with E-state index in [2.05, 4.69) is 4.98 Å². The Hall–Kier alpha value is -2.88. The van der Waals surface area contributed by atoms with Crippen LogP contribution in [0.2, 0.25) is 0 Å². The molecular formula is C16H14FN3O3. The number of anilines is 1. The number of carbonyl (C=O) groups excluding carboxylic acids is 1. The summed E-state index contributed by atoms with van der Waals surface area (Å²) < 4.78 is 23.4. The van der Waals surface area contributed by atoms with Crippen LogP contribution in [0, 0.1) is 17.1 Å². The molecule has 1 atom stereocenters. The average Bonchev–Trinajstić information content (AvgIpc) is 3.09. The fourth-order valence-electron chi connectivity index (χ4n) is 2.65. The van der Waals surface area contributed by atoms with E-state index in [0.29, 0.717) is 12.2 Å². The molecule has 3 rings (SSSR count). The first-order chi connectivity index (χ1) is 11.2. The van der Waals surface area contributed by atoms with Crippen LogP contribution in [0.4, 0.5) is 10.1 Å². The van der Waals surface area contributed by atoms with Crippen molar-refractivity contribution in [2.75, 3.05) is 18.0 Å². The number of ether oxygens (including phenoxy) is 1. The van der Waals surface area contributed by atoms with E-state index in [9.17, 15) is 9.18 Å². The maximum atomic E-state index is 13.3. The Labute approximate surface area is 132 Å². The number of aromatic nitrogens is 1. The Morgan fingerprint density at radius 1 is 1.52 bits per heavy atom. The molecule has 0 spiro atoms. The summed E-state index contributed by atoms with van der Waals surface area (Å²) >= 11 is 0. The molecule has 1 aromatic carbocycles. The van der Waals surface area contributed by atoms with Gasteiger partial charge < -0.3 is 14.1 Å². The summed E-state index contributed by atoms with van der Waals surface area (Å²) in [5, 5.41) is 9.16. The lowest BCUT2D eigenvalue weighted by Crippen LogP contribution is -2.41. The third-order valence-electron chi connectivity index (χ3n) is 3.71. The summed E-state index contributed by atoms with van der Waals surface area (Å²) in [7, 11) is 0. The lowest BCUT2D eigenvalue weighted by Gasteiger charge is -2.34. The summed E-state index contributed by atoms with van der Waals surface area (Å²) in [6.07, 6.45) is 3.62. The number of hydrogen-bond donors (Lipinski definition) is 0. The van der Waals surface area contributed by atoms with E-state index in [-0.39, 0.29) is 17.4 Å². The minimum Gasteiger partial charge on any atom is -0.456 e. The molecule has 1 fully saturated rings. The third kappa shape index (κ3) is 3.31. The van der Waals surface area contributed by atoms with E-state index in [4.69, 9.17) is 14.4 Å². The van der Waals surface area contributed by atoms with Crippen LogP contribution in [0.3, 0.4) is 0 Å². The molecule has 7 heteroatoms. The van der Waals surface area contributed by atoms with Crippen molar-refractivity contribution in [3.63, 3.8) is 0 Å². The van der Waals surface area contributed by atoms with Gasteiger partial charge in [0.15, 0.2) is 12.1 Å². The molecule has 6 nitrogen and oxygen atoms in total. The predicted molar refractivity (Wildman–Crippen MR) is 78.3 cm³/mol. The Balaban J connectivity index is 1.71. The van der Waals surface area contributed by atoms with Crippen molar-refractivity contribution in [2.24, 2.45) is 0 Å². The Bertz CT molecular complexity index is 740. The molecule has 23 heavy (non-hydrogen) atoms. The number of halogens is 1. The zero-order valence-electron chi connectivity index (χ0n) is 12.2. The van der Waals surface area contributed by atoms with Crippen LogP contribution in [0.15, 0.2) is 35.3 Å². The lowest BCUT2D eigenvalue weighted by atomic mass is 10.1. The lowest BCUT2D eigenvalue weighted by molar-refractivity contribution is 0.0263. The second kappa shape index (κ2) is 6.48. The zero-order chi connectivity index (χ0) is 16.2. The summed E-state index contributed by atoms with van der Waals surface area (Å²) in [5.74, 6) is -0.985. The molecule has 1 unspecified atom stereocenters. The predicted octanol–water partition coefficient (Wildman–Crippen LogP) is 2.51. The number of benzene rings is 1. The van der Waals surface area contributed by atoms with Gasteiger partial charge in [0.1, 0.15) is 24.3 Å². The van der Waals surface area contributed by atoms with Gasteiger partial charge in [0.2, 0.25) is 0 Å². The van der Waals surface area contributed by atoms with Crippen LogP contribution >= 0.6 is 0 Å². The molecule has 1 aliphatic heterocycles. The van der Waals surface area contributed by atoms with Crippen LogP contribution < -0.4 is 4.90 Å². The first-order valence-corrected chi connectivity index (χ1v) is 7.21. The van der Waals surface area contributed by atoms with Gasteiger partial charge in [-0.2, -0.15) is 5.26 Å².